The number of benzene rings is 3. The Kier molecular flexibility index (Phi) is 7.95. The van der Waals surface area contributed by atoms with E-state index in [1.807, 2.05) is 30.3 Å². The van der Waals surface area contributed by atoms with E-state index in [4.69, 9.17) is 9.72 Å². The minimum absolute atomic E-state index is 0.0397. The van der Waals surface area contributed by atoms with E-state index in [-0.39, 0.29) is 35.4 Å². The summed E-state index contributed by atoms with van der Waals surface area (Å²) in [7, 11) is 2.06. The quantitative estimate of drug-likeness (QED) is 0.243. The van der Waals surface area contributed by atoms with Crippen molar-refractivity contribution < 1.29 is 23.8 Å². The number of halogens is 1. The summed E-state index contributed by atoms with van der Waals surface area (Å²) in [6.45, 7) is 2.19. The van der Waals surface area contributed by atoms with Gasteiger partial charge in [-0.15, -0.1) is 0 Å². The average molecular weight is 662 g/mol. The highest BCUT2D eigenvalue weighted by Crippen LogP contribution is 2.40. The highest BCUT2D eigenvalue weighted by atomic mass is 19.1. The Hall–Kier alpha value is -5.36. The zero-order valence-electron chi connectivity index (χ0n) is 27.1. The number of ether oxygens (including phenoxy) is 1. The molecule has 3 aromatic carbocycles. The normalized spacial score (nSPS) is 20.7. The summed E-state index contributed by atoms with van der Waals surface area (Å²) in [4.78, 5) is 45.9. The zero-order valence-corrected chi connectivity index (χ0v) is 27.1. The summed E-state index contributed by atoms with van der Waals surface area (Å²) in [5.74, 6) is -0.980. The van der Waals surface area contributed by atoms with Crippen molar-refractivity contribution in [2.75, 3.05) is 43.5 Å². The number of piperazine rings is 1. The van der Waals surface area contributed by atoms with Crippen LogP contribution in [0.4, 0.5) is 16.0 Å². The lowest BCUT2D eigenvalue weighted by Gasteiger charge is -2.41. The first-order valence-electron chi connectivity index (χ1n) is 16.7. The van der Waals surface area contributed by atoms with Crippen molar-refractivity contribution in [3.05, 3.63) is 78.7 Å². The maximum Gasteiger partial charge on any atom is 0.319 e. The van der Waals surface area contributed by atoms with Crippen molar-refractivity contribution in [2.24, 2.45) is 0 Å². The second kappa shape index (κ2) is 12.6. The molecule has 0 radical (unpaired) electrons. The van der Waals surface area contributed by atoms with Crippen LogP contribution in [0, 0.1) is 5.82 Å². The fourth-order valence-corrected chi connectivity index (χ4v) is 7.65. The molecular weight excluding hydrogens is 625 g/mol. The van der Waals surface area contributed by atoms with Gasteiger partial charge in [-0.2, -0.15) is 9.97 Å². The molecule has 11 nitrogen and oxygen atoms in total. The van der Waals surface area contributed by atoms with E-state index in [2.05, 4.69) is 32.1 Å². The molecule has 5 heterocycles. The molecule has 0 unspecified atom stereocenters. The SMILES string of the molecule is CN1CCC[C@H]1COc1nc(N2C[C@H]3CC[C@@H](C2)N3C(=O)C(=O)Nc2ccccn2)c2ccc(-c3cc(O)cc4ccccc34)c(F)c2n1. The molecule has 8 rings (SSSR count). The number of likely N-dealkylation sites (tertiary alicyclic amines) is 1. The van der Waals surface area contributed by atoms with Crippen molar-refractivity contribution in [1.29, 1.82) is 0 Å². The van der Waals surface area contributed by atoms with Gasteiger partial charge in [0.2, 0.25) is 0 Å². The topological polar surface area (TPSA) is 124 Å². The number of amides is 2. The molecular formula is C37H36FN7O4. The molecule has 3 aliphatic heterocycles. The number of carbonyl (C=O) groups excluding carboxylic acids is 2. The number of hydrogen-bond donors (Lipinski definition) is 2. The summed E-state index contributed by atoms with van der Waals surface area (Å²) in [6, 6.07) is 19.2. The van der Waals surface area contributed by atoms with Gasteiger partial charge >= 0.3 is 17.8 Å². The first-order chi connectivity index (χ1) is 23.8. The van der Waals surface area contributed by atoms with E-state index in [0.717, 1.165) is 43.0 Å². The number of pyridine rings is 1. The maximum atomic E-state index is 16.8. The van der Waals surface area contributed by atoms with Crippen LogP contribution in [0.15, 0.2) is 72.9 Å². The van der Waals surface area contributed by atoms with Gasteiger partial charge < -0.3 is 29.9 Å². The predicted molar refractivity (Wildman–Crippen MR) is 184 cm³/mol. The molecule has 49 heavy (non-hydrogen) atoms. The van der Waals surface area contributed by atoms with Gasteiger partial charge in [0, 0.05) is 36.3 Å². The number of likely N-dealkylation sites (N-methyl/N-ethyl adjacent to an activating group) is 1. The number of nitrogens with zero attached hydrogens (tertiary/aromatic N) is 6. The number of fused-ring (bicyclic) bond motifs is 4. The van der Waals surface area contributed by atoms with Crippen LogP contribution in [0.3, 0.4) is 0 Å². The number of carbonyl (C=O) groups is 2. The molecule has 12 heteroatoms. The summed E-state index contributed by atoms with van der Waals surface area (Å²) < 4.78 is 23.0. The van der Waals surface area contributed by atoms with E-state index in [9.17, 15) is 14.7 Å². The Bertz CT molecular complexity index is 2070. The van der Waals surface area contributed by atoms with E-state index in [0.29, 0.717) is 47.8 Å². The minimum atomic E-state index is -0.724. The fourth-order valence-electron chi connectivity index (χ4n) is 7.65. The lowest BCUT2D eigenvalue weighted by Crippen LogP contribution is -2.58. The van der Waals surface area contributed by atoms with E-state index in [1.165, 1.54) is 0 Å². The van der Waals surface area contributed by atoms with Crippen LogP contribution in [0.5, 0.6) is 11.8 Å². The molecule has 0 aliphatic carbocycles. The van der Waals surface area contributed by atoms with Gasteiger partial charge in [0.05, 0.1) is 12.1 Å². The van der Waals surface area contributed by atoms with E-state index < -0.39 is 17.6 Å². The smallest absolute Gasteiger partial charge is 0.319 e. The van der Waals surface area contributed by atoms with Crippen molar-refractivity contribution in [3.63, 3.8) is 0 Å². The number of nitrogens with one attached hydrogen (secondary N) is 1. The molecule has 2 amide bonds. The molecule has 0 saturated carbocycles. The largest absolute Gasteiger partial charge is 0.508 e. The first kappa shape index (κ1) is 30.9. The maximum absolute atomic E-state index is 16.8. The standard InChI is InChI=1S/C37H36FN7O4/c1-43-16-6-8-25(43)21-49-37-41-33-29(14-13-28(32(33)38)30-18-26(46)17-22-7-2-3-9-27(22)30)34(42-37)44-19-23-11-12-24(20-44)45(23)36(48)35(47)40-31-10-4-5-15-39-31/h2-5,7,9-10,13-15,17-18,23-25,46H,6,8,11-12,16,19-21H2,1H3,(H,39,40,47)/t23-,24+,25-/m0/s1. The molecule has 5 aromatic rings. The number of anilines is 2. The highest BCUT2D eigenvalue weighted by Gasteiger charge is 2.45. The van der Waals surface area contributed by atoms with Crippen LogP contribution >= 0.6 is 0 Å². The van der Waals surface area contributed by atoms with Gasteiger partial charge in [0.15, 0.2) is 5.82 Å². The van der Waals surface area contributed by atoms with E-state index >= 15 is 4.39 Å². The third-order valence-corrected chi connectivity index (χ3v) is 10.1. The Balaban J connectivity index is 1.15. The molecule has 250 valence electrons. The molecule has 2 aromatic heterocycles. The Morgan fingerprint density at radius 2 is 1.76 bits per heavy atom. The summed E-state index contributed by atoms with van der Waals surface area (Å²) in [5.41, 5.74) is 0.977. The molecule has 2 bridgehead atoms. The number of aromatic hydroxyl groups is 1. The van der Waals surface area contributed by atoms with Gasteiger partial charge in [-0.3, -0.25) is 9.59 Å². The summed E-state index contributed by atoms with van der Waals surface area (Å²) in [5, 5.41) is 15.2. The number of aromatic nitrogens is 3. The van der Waals surface area contributed by atoms with Gasteiger partial charge in [0.1, 0.15) is 29.5 Å². The van der Waals surface area contributed by atoms with Crippen LogP contribution in [-0.4, -0.2) is 93.1 Å². The number of phenols is 1. The van der Waals surface area contributed by atoms with Gasteiger partial charge in [-0.1, -0.05) is 36.4 Å². The lowest BCUT2D eigenvalue weighted by atomic mass is 9.96. The molecule has 3 saturated heterocycles. The van der Waals surface area contributed by atoms with Crippen molar-refractivity contribution in [1.82, 2.24) is 24.8 Å². The highest BCUT2D eigenvalue weighted by molar-refractivity contribution is 6.39. The molecule has 2 N–H and O–H groups in total. The third-order valence-electron chi connectivity index (χ3n) is 10.1. The monoisotopic (exact) mass is 661 g/mol. The Morgan fingerprint density at radius 1 is 0.959 bits per heavy atom. The second-order valence-electron chi connectivity index (χ2n) is 13.1. The summed E-state index contributed by atoms with van der Waals surface area (Å²) >= 11 is 0. The average Bonchev–Trinajstić information content (AvgIpc) is 3.64. The van der Waals surface area contributed by atoms with Crippen molar-refractivity contribution >= 4 is 45.1 Å². The minimum Gasteiger partial charge on any atom is -0.508 e. The van der Waals surface area contributed by atoms with Crippen molar-refractivity contribution in [3.8, 4) is 22.9 Å². The molecule has 3 fully saturated rings. The van der Waals surface area contributed by atoms with Crippen LogP contribution in [-0.2, 0) is 9.59 Å². The second-order valence-corrected chi connectivity index (χ2v) is 13.1. The zero-order chi connectivity index (χ0) is 33.6. The van der Waals surface area contributed by atoms with E-state index in [1.54, 1.807) is 47.5 Å². The Labute approximate surface area is 282 Å². The third kappa shape index (κ3) is 5.75. The van der Waals surface area contributed by atoms with Gasteiger partial charge in [0.25, 0.3) is 0 Å². The van der Waals surface area contributed by atoms with Crippen LogP contribution in [0.1, 0.15) is 25.7 Å². The van der Waals surface area contributed by atoms with Crippen LogP contribution in [0.25, 0.3) is 32.8 Å². The molecule has 0 spiro atoms. The van der Waals surface area contributed by atoms with Crippen molar-refractivity contribution in [2.45, 2.75) is 43.8 Å². The number of hydrogen-bond acceptors (Lipinski definition) is 9. The predicted octanol–water partition coefficient (Wildman–Crippen LogP) is 4.98. The Morgan fingerprint density at radius 3 is 2.51 bits per heavy atom. The van der Waals surface area contributed by atoms with Gasteiger partial charge in [-0.25, -0.2) is 9.37 Å². The fraction of sp³-hybridized carbons (Fsp3) is 0.324. The number of rotatable bonds is 6. The molecule has 3 atom stereocenters. The first-order valence-corrected chi connectivity index (χ1v) is 16.7. The summed E-state index contributed by atoms with van der Waals surface area (Å²) in [6.07, 6.45) is 5.08. The number of phenolic OH excluding ortho intramolecular Hbond substituents is 1. The van der Waals surface area contributed by atoms with Crippen LogP contribution in [0.2, 0.25) is 0 Å². The van der Waals surface area contributed by atoms with Crippen LogP contribution < -0.4 is 15.0 Å². The van der Waals surface area contributed by atoms with Gasteiger partial charge in [-0.05, 0) is 85.9 Å². The lowest BCUT2D eigenvalue weighted by molar-refractivity contribution is -0.145. The molecule has 3 aliphatic rings.